The zero-order valence-electron chi connectivity index (χ0n) is 9.12. The van der Waals surface area contributed by atoms with Gasteiger partial charge >= 0.3 is 5.97 Å². The van der Waals surface area contributed by atoms with E-state index in [4.69, 9.17) is 5.11 Å². The summed E-state index contributed by atoms with van der Waals surface area (Å²) in [6, 6.07) is 1.80. The van der Waals surface area contributed by atoms with Crippen LogP contribution in [0, 0.1) is 0 Å². The van der Waals surface area contributed by atoms with Gasteiger partial charge in [0.2, 0.25) is 5.91 Å². The topological polar surface area (TPSA) is 75.4 Å². The summed E-state index contributed by atoms with van der Waals surface area (Å²) in [6.07, 6.45) is 3.61. The molecule has 86 valence electrons. The van der Waals surface area contributed by atoms with E-state index >= 15 is 0 Å². The number of hydrogen-bond donors (Lipinski definition) is 1. The zero-order valence-corrected chi connectivity index (χ0v) is 9.12. The fourth-order valence-electron chi connectivity index (χ4n) is 1.14. The van der Waals surface area contributed by atoms with Crippen molar-refractivity contribution >= 4 is 11.9 Å². The predicted octanol–water partition coefficient (Wildman–Crippen LogP) is 0.0193. The van der Waals surface area contributed by atoms with Gasteiger partial charge in [0.1, 0.15) is 0 Å². The number of rotatable bonds is 4. The molecule has 1 amide bonds. The number of carboxylic acids is 1. The van der Waals surface area contributed by atoms with Crippen molar-refractivity contribution in [1.82, 2.24) is 14.7 Å². The maximum atomic E-state index is 11.4. The van der Waals surface area contributed by atoms with Gasteiger partial charge in [0.25, 0.3) is 0 Å². The average molecular weight is 223 g/mol. The fourth-order valence-corrected chi connectivity index (χ4v) is 1.14. The molecule has 0 bridgehead atoms. The highest BCUT2D eigenvalue weighted by molar-refractivity contribution is 5.93. The van der Waals surface area contributed by atoms with Gasteiger partial charge in [0, 0.05) is 32.4 Å². The SMILES string of the molecule is CN(Cc1ccn(C)n1)C(=O)/C=C/C(=O)O. The van der Waals surface area contributed by atoms with Crippen LogP contribution in [0.15, 0.2) is 24.4 Å². The van der Waals surface area contributed by atoms with Crippen molar-refractivity contribution < 1.29 is 14.7 Å². The lowest BCUT2D eigenvalue weighted by molar-refractivity contribution is -0.132. The van der Waals surface area contributed by atoms with Gasteiger partial charge in [-0.2, -0.15) is 5.10 Å². The Morgan fingerprint density at radius 3 is 2.75 bits per heavy atom. The lowest BCUT2D eigenvalue weighted by atomic mass is 10.3. The summed E-state index contributed by atoms with van der Waals surface area (Å²) in [4.78, 5) is 23.0. The van der Waals surface area contributed by atoms with E-state index in [1.54, 1.807) is 31.0 Å². The first kappa shape index (κ1) is 12.0. The van der Waals surface area contributed by atoms with Crippen LogP contribution in [-0.4, -0.2) is 38.7 Å². The van der Waals surface area contributed by atoms with Crippen LogP contribution in [0.25, 0.3) is 0 Å². The molecule has 0 saturated carbocycles. The van der Waals surface area contributed by atoms with Gasteiger partial charge in [-0.05, 0) is 6.07 Å². The van der Waals surface area contributed by atoms with Crippen LogP contribution in [0.3, 0.4) is 0 Å². The molecule has 0 fully saturated rings. The van der Waals surface area contributed by atoms with Gasteiger partial charge in [-0.1, -0.05) is 0 Å². The molecule has 1 aromatic heterocycles. The summed E-state index contributed by atoms with van der Waals surface area (Å²) in [7, 11) is 3.37. The Labute approximate surface area is 92.8 Å². The molecule has 16 heavy (non-hydrogen) atoms. The van der Waals surface area contributed by atoms with E-state index < -0.39 is 5.97 Å². The van der Waals surface area contributed by atoms with Crippen molar-refractivity contribution in [2.24, 2.45) is 7.05 Å². The number of hydrogen-bond acceptors (Lipinski definition) is 3. The number of nitrogens with zero attached hydrogens (tertiary/aromatic N) is 3. The highest BCUT2D eigenvalue weighted by Gasteiger charge is 2.07. The highest BCUT2D eigenvalue weighted by Crippen LogP contribution is 2.00. The molecule has 0 aliphatic carbocycles. The van der Waals surface area contributed by atoms with E-state index in [0.29, 0.717) is 6.54 Å². The van der Waals surface area contributed by atoms with Gasteiger partial charge in [-0.25, -0.2) is 4.79 Å². The number of aryl methyl sites for hydroxylation is 1. The van der Waals surface area contributed by atoms with Crippen LogP contribution in [0.2, 0.25) is 0 Å². The first-order valence-electron chi connectivity index (χ1n) is 4.63. The van der Waals surface area contributed by atoms with Gasteiger partial charge in [0.05, 0.1) is 12.2 Å². The first-order chi connectivity index (χ1) is 7.49. The van der Waals surface area contributed by atoms with Crippen molar-refractivity contribution in [3.05, 3.63) is 30.1 Å². The lowest BCUT2D eigenvalue weighted by Gasteiger charge is -2.12. The molecule has 1 aromatic rings. The molecule has 0 aliphatic heterocycles. The van der Waals surface area contributed by atoms with Crippen LogP contribution >= 0.6 is 0 Å². The quantitative estimate of drug-likeness (QED) is 0.730. The fraction of sp³-hybridized carbons (Fsp3) is 0.300. The second-order valence-electron chi connectivity index (χ2n) is 3.35. The Kier molecular flexibility index (Phi) is 3.82. The van der Waals surface area contributed by atoms with Gasteiger partial charge in [-0.15, -0.1) is 0 Å². The Morgan fingerprint density at radius 1 is 1.56 bits per heavy atom. The van der Waals surface area contributed by atoms with Gasteiger partial charge < -0.3 is 10.0 Å². The molecule has 1 N–H and O–H groups in total. The maximum Gasteiger partial charge on any atom is 0.328 e. The second kappa shape index (κ2) is 5.11. The third-order valence-electron chi connectivity index (χ3n) is 1.91. The standard InChI is InChI=1S/C10H13N3O3/c1-12(9(14)3-4-10(15)16)7-8-5-6-13(2)11-8/h3-6H,7H2,1-2H3,(H,15,16)/b4-3+. The Bertz CT molecular complexity index is 423. The van der Waals surface area contributed by atoms with Crippen LogP contribution < -0.4 is 0 Å². The molecular weight excluding hydrogens is 210 g/mol. The van der Waals surface area contributed by atoms with Crippen molar-refractivity contribution in [2.75, 3.05) is 7.05 Å². The van der Waals surface area contributed by atoms with E-state index in [1.807, 2.05) is 0 Å². The number of amides is 1. The molecule has 0 aliphatic rings. The summed E-state index contributed by atoms with van der Waals surface area (Å²) in [5.74, 6) is -1.51. The molecule has 1 rings (SSSR count). The predicted molar refractivity (Wildman–Crippen MR) is 56.5 cm³/mol. The minimum atomic E-state index is -1.14. The summed E-state index contributed by atoms with van der Waals surface area (Å²) < 4.78 is 1.64. The molecule has 6 nitrogen and oxygen atoms in total. The van der Waals surface area contributed by atoms with Crippen LogP contribution in [0.5, 0.6) is 0 Å². The second-order valence-corrected chi connectivity index (χ2v) is 3.35. The van der Waals surface area contributed by atoms with Crippen molar-refractivity contribution in [1.29, 1.82) is 0 Å². The van der Waals surface area contributed by atoms with Crippen molar-refractivity contribution in [3.63, 3.8) is 0 Å². The van der Waals surface area contributed by atoms with Gasteiger partial charge in [0.15, 0.2) is 0 Å². The minimum absolute atomic E-state index is 0.351. The summed E-state index contributed by atoms with van der Waals surface area (Å²) in [6.45, 7) is 0.351. The molecule has 1 heterocycles. The summed E-state index contributed by atoms with van der Waals surface area (Å²) >= 11 is 0. The summed E-state index contributed by atoms with van der Waals surface area (Å²) in [5.41, 5.74) is 0.752. The van der Waals surface area contributed by atoms with E-state index in [2.05, 4.69) is 5.10 Å². The Hall–Kier alpha value is -2.11. The van der Waals surface area contributed by atoms with Crippen LogP contribution in [-0.2, 0) is 23.2 Å². The number of aliphatic carboxylic acids is 1. The van der Waals surface area contributed by atoms with Crippen molar-refractivity contribution in [3.8, 4) is 0 Å². The summed E-state index contributed by atoms with van der Waals surface area (Å²) in [5, 5.41) is 12.5. The molecule has 6 heteroatoms. The minimum Gasteiger partial charge on any atom is -0.478 e. The molecule has 0 unspecified atom stereocenters. The van der Waals surface area contributed by atoms with E-state index in [0.717, 1.165) is 17.8 Å². The Morgan fingerprint density at radius 2 is 2.25 bits per heavy atom. The number of carbonyl (C=O) groups is 2. The van der Waals surface area contributed by atoms with E-state index in [-0.39, 0.29) is 5.91 Å². The number of carboxylic acid groups (broad SMARTS) is 1. The van der Waals surface area contributed by atoms with Crippen molar-refractivity contribution in [2.45, 2.75) is 6.54 Å². The monoisotopic (exact) mass is 223 g/mol. The normalized spacial score (nSPS) is 10.6. The largest absolute Gasteiger partial charge is 0.478 e. The molecule has 0 radical (unpaired) electrons. The molecule has 0 aromatic carbocycles. The third-order valence-corrected chi connectivity index (χ3v) is 1.91. The lowest BCUT2D eigenvalue weighted by Crippen LogP contribution is -2.24. The molecular formula is C10H13N3O3. The molecule has 0 spiro atoms. The maximum absolute atomic E-state index is 11.4. The third kappa shape index (κ3) is 3.56. The molecule has 0 saturated heterocycles. The average Bonchev–Trinajstić information content (AvgIpc) is 2.60. The van der Waals surface area contributed by atoms with Gasteiger partial charge in [-0.3, -0.25) is 9.48 Å². The number of likely N-dealkylation sites (N-methyl/N-ethyl adjacent to an activating group) is 1. The zero-order chi connectivity index (χ0) is 12.1. The van der Waals surface area contributed by atoms with E-state index in [1.165, 1.54) is 4.90 Å². The van der Waals surface area contributed by atoms with E-state index in [9.17, 15) is 9.59 Å². The first-order valence-corrected chi connectivity index (χ1v) is 4.63. The number of aromatic nitrogens is 2. The number of carbonyl (C=O) groups excluding carboxylic acids is 1. The smallest absolute Gasteiger partial charge is 0.328 e. The molecule has 0 atom stereocenters. The van der Waals surface area contributed by atoms with Crippen LogP contribution in [0.4, 0.5) is 0 Å². The van der Waals surface area contributed by atoms with Crippen LogP contribution in [0.1, 0.15) is 5.69 Å². The Balaban J connectivity index is 2.55. The highest BCUT2D eigenvalue weighted by atomic mass is 16.4.